The molecule has 0 amide bonds. The van der Waals surface area contributed by atoms with Crippen LogP contribution in [0.5, 0.6) is 5.75 Å². The van der Waals surface area contributed by atoms with Crippen molar-refractivity contribution in [1.29, 1.82) is 0 Å². The van der Waals surface area contributed by atoms with E-state index in [9.17, 15) is 8.42 Å². The first kappa shape index (κ1) is 12.0. The van der Waals surface area contributed by atoms with Crippen LogP contribution in [0.3, 0.4) is 0 Å². The van der Waals surface area contributed by atoms with E-state index < -0.39 is 10.1 Å². The summed E-state index contributed by atoms with van der Waals surface area (Å²) in [6, 6.07) is 4.37. The zero-order valence-electron chi connectivity index (χ0n) is 8.73. The molecular formula is C10H14O4S. The third-order valence-electron chi connectivity index (χ3n) is 2.08. The highest BCUT2D eigenvalue weighted by atomic mass is 32.2. The molecule has 0 bridgehead atoms. The van der Waals surface area contributed by atoms with Crippen LogP contribution in [0.15, 0.2) is 23.1 Å². The summed E-state index contributed by atoms with van der Waals surface area (Å²) >= 11 is 0. The zero-order valence-corrected chi connectivity index (χ0v) is 9.54. The van der Waals surface area contributed by atoms with Crippen LogP contribution < -0.4 is 4.74 Å². The highest BCUT2D eigenvalue weighted by Gasteiger charge is 2.12. The van der Waals surface area contributed by atoms with Crippen LogP contribution in [0.25, 0.3) is 0 Å². The summed E-state index contributed by atoms with van der Waals surface area (Å²) < 4.78 is 35.6. The lowest BCUT2D eigenvalue weighted by Crippen LogP contribution is -2.00. The molecule has 0 aromatic heterocycles. The van der Waals surface area contributed by atoms with Crippen molar-refractivity contribution in [3.8, 4) is 5.75 Å². The SMILES string of the molecule is CCCc1ccc(S(=O)(=O)O)cc1OC. The fourth-order valence-corrected chi connectivity index (χ4v) is 1.86. The van der Waals surface area contributed by atoms with Gasteiger partial charge < -0.3 is 4.74 Å². The second-order valence-corrected chi connectivity index (χ2v) is 4.62. The van der Waals surface area contributed by atoms with Crippen LogP contribution in [0, 0.1) is 0 Å². The minimum absolute atomic E-state index is 0.140. The lowest BCUT2D eigenvalue weighted by molar-refractivity contribution is 0.407. The Labute approximate surface area is 89.6 Å². The van der Waals surface area contributed by atoms with E-state index >= 15 is 0 Å². The number of aryl methyl sites for hydroxylation is 1. The largest absolute Gasteiger partial charge is 0.496 e. The first-order valence-electron chi connectivity index (χ1n) is 4.63. The van der Waals surface area contributed by atoms with Gasteiger partial charge in [0.2, 0.25) is 0 Å². The van der Waals surface area contributed by atoms with Crippen molar-refractivity contribution in [1.82, 2.24) is 0 Å². The van der Waals surface area contributed by atoms with E-state index in [1.54, 1.807) is 6.07 Å². The normalized spacial score (nSPS) is 11.4. The standard InChI is InChI=1S/C10H14O4S/c1-3-4-8-5-6-9(15(11,12)13)7-10(8)14-2/h5-7H,3-4H2,1-2H3,(H,11,12,13). The minimum Gasteiger partial charge on any atom is -0.496 e. The van der Waals surface area contributed by atoms with Crippen molar-refractivity contribution in [3.63, 3.8) is 0 Å². The molecular weight excluding hydrogens is 216 g/mol. The number of methoxy groups -OCH3 is 1. The Balaban J connectivity index is 3.19. The van der Waals surface area contributed by atoms with Crippen molar-refractivity contribution < 1.29 is 17.7 Å². The predicted molar refractivity (Wildman–Crippen MR) is 56.8 cm³/mol. The van der Waals surface area contributed by atoms with Gasteiger partial charge in [-0.3, -0.25) is 4.55 Å². The van der Waals surface area contributed by atoms with Gasteiger partial charge in [-0.2, -0.15) is 8.42 Å². The summed E-state index contributed by atoms with van der Waals surface area (Å²) in [5.74, 6) is 0.493. The van der Waals surface area contributed by atoms with Gasteiger partial charge in [-0.05, 0) is 18.1 Å². The molecule has 0 radical (unpaired) electrons. The van der Waals surface area contributed by atoms with E-state index in [0.29, 0.717) is 5.75 Å². The number of rotatable bonds is 4. The molecule has 5 heteroatoms. The number of hydrogen-bond donors (Lipinski definition) is 1. The average molecular weight is 230 g/mol. The van der Waals surface area contributed by atoms with Gasteiger partial charge in [-0.25, -0.2) is 0 Å². The van der Waals surface area contributed by atoms with Crippen molar-refractivity contribution in [2.75, 3.05) is 7.11 Å². The Morgan fingerprint density at radius 1 is 1.40 bits per heavy atom. The van der Waals surface area contributed by atoms with E-state index in [4.69, 9.17) is 9.29 Å². The molecule has 0 unspecified atom stereocenters. The van der Waals surface area contributed by atoms with Gasteiger partial charge >= 0.3 is 0 Å². The Morgan fingerprint density at radius 3 is 2.53 bits per heavy atom. The summed E-state index contributed by atoms with van der Waals surface area (Å²) in [6.45, 7) is 2.02. The van der Waals surface area contributed by atoms with Crippen LogP contribution in [0.1, 0.15) is 18.9 Å². The predicted octanol–water partition coefficient (Wildman–Crippen LogP) is 1.89. The molecule has 1 aromatic rings. The zero-order chi connectivity index (χ0) is 11.5. The molecule has 0 atom stereocenters. The molecule has 0 saturated heterocycles. The molecule has 15 heavy (non-hydrogen) atoms. The molecule has 0 fully saturated rings. The van der Waals surface area contributed by atoms with Crippen molar-refractivity contribution in [3.05, 3.63) is 23.8 Å². The maximum atomic E-state index is 10.9. The van der Waals surface area contributed by atoms with E-state index in [1.165, 1.54) is 19.2 Å². The maximum Gasteiger partial charge on any atom is 0.294 e. The minimum atomic E-state index is -4.15. The second kappa shape index (κ2) is 4.63. The number of benzene rings is 1. The molecule has 84 valence electrons. The molecule has 0 aliphatic heterocycles. The third kappa shape index (κ3) is 2.94. The summed E-state index contributed by atoms with van der Waals surface area (Å²) in [4.78, 5) is -0.140. The van der Waals surface area contributed by atoms with Crippen LogP contribution in [-0.4, -0.2) is 20.1 Å². The van der Waals surface area contributed by atoms with Crippen LogP contribution in [0.2, 0.25) is 0 Å². The lowest BCUT2D eigenvalue weighted by atomic mass is 10.1. The van der Waals surface area contributed by atoms with Gasteiger partial charge in [0.15, 0.2) is 0 Å². The van der Waals surface area contributed by atoms with Crippen LogP contribution in [-0.2, 0) is 16.5 Å². The first-order valence-corrected chi connectivity index (χ1v) is 6.07. The van der Waals surface area contributed by atoms with E-state index in [2.05, 4.69) is 0 Å². The van der Waals surface area contributed by atoms with Crippen molar-refractivity contribution >= 4 is 10.1 Å². The summed E-state index contributed by atoms with van der Waals surface area (Å²) in [6.07, 6.45) is 1.76. The fourth-order valence-electron chi connectivity index (χ4n) is 1.36. The third-order valence-corrected chi connectivity index (χ3v) is 2.93. The maximum absolute atomic E-state index is 10.9. The summed E-state index contributed by atoms with van der Waals surface area (Å²) in [5, 5.41) is 0. The monoisotopic (exact) mass is 230 g/mol. The van der Waals surface area contributed by atoms with Gasteiger partial charge in [0.1, 0.15) is 5.75 Å². The smallest absolute Gasteiger partial charge is 0.294 e. The molecule has 1 aromatic carbocycles. The number of hydrogen-bond acceptors (Lipinski definition) is 3. The molecule has 1 N–H and O–H groups in total. The van der Waals surface area contributed by atoms with Gasteiger partial charge in [0, 0.05) is 6.07 Å². The van der Waals surface area contributed by atoms with E-state index in [-0.39, 0.29) is 4.90 Å². The van der Waals surface area contributed by atoms with Gasteiger partial charge in [-0.1, -0.05) is 19.4 Å². The van der Waals surface area contributed by atoms with Crippen LogP contribution in [0.4, 0.5) is 0 Å². The van der Waals surface area contributed by atoms with Crippen molar-refractivity contribution in [2.45, 2.75) is 24.7 Å². The highest BCUT2D eigenvalue weighted by molar-refractivity contribution is 7.85. The molecule has 0 aliphatic rings. The average Bonchev–Trinajstić information content (AvgIpc) is 2.17. The Hall–Kier alpha value is -1.07. The highest BCUT2D eigenvalue weighted by Crippen LogP contribution is 2.23. The summed E-state index contributed by atoms with van der Waals surface area (Å²) in [5.41, 5.74) is 0.937. The van der Waals surface area contributed by atoms with E-state index in [0.717, 1.165) is 18.4 Å². The van der Waals surface area contributed by atoms with E-state index in [1.807, 2.05) is 6.92 Å². The Bertz CT molecular complexity index is 437. The molecule has 0 saturated carbocycles. The Kier molecular flexibility index (Phi) is 3.71. The summed E-state index contributed by atoms with van der Waals surface area (Å²) in [7, 11) is -2.67. The molecule has 0 aliphatic carbocycles. The van der Waals surface area contributed by atoms with Gasteiger partial charge in [0.25, 0.3) is 10.1 Å². The Morgan fingerprint density at radius 2 is 2.07 bits per heavy atom. The molecule has 1 rings (SSSR count). The number of ether oxygens (including phenoxy) is 1. The quantitative estimate of drug-likeness (QED) is 0.802. The molecule has 0 spiro atoms. The first-order chi connectivity index (χ1) is 6.99. The topological polar surface area (TPSA) is 63.6 Å². The van der Waals surface area contributed by atoms with Crippen LogP contribution >= 0.6 is 0 Å². The van der Waals surface area contributed by atoms with Crippen molar-refractivity contribution in [2.24, 2.45) is 0 Å². The fraction of sp³-hybridized carbons (Fsp3) is 0.400. The lowest BCUT2D eigenvalue weighted by Gasteiger charge is -2.08. The van der Waals surface area contributed by atoms with Gasteiger partial charge in [0.05, 0.1) is 12.0 Å². The van der Waals surface area contributed by atoms with Gasteiger partial charge in [-0.15, -0.1) is 0 Å². The molecule has 4 nitrogen and oxygen atoms in total. The molecule has 0 heterocycles. The second-order valence-electron chi connectivity index (χ2n) is 3.20.